The van der Waals surface area contributed by atoms with E-state index in [2.05, 4.69) is 10.3 Å². The third kappa shape index (κ3) is 2.60. The van der Waals surface area contributed by atoms with Crippen molar-refractivity contribution in [3.63, 3.8) is 0 Å². The molecule has 0 radical (unpaired) electrons. The fraction of sp³-hybridized carbons (Fsp3) is 0. The van der Waals surface area contributed by atoms with Crippen molar-refractivity contribution >= 4 is 17.4 Å². The summed E-state index contributed by atoms with van der Waals surface area (Å²) in [6.45, 7) is 0. The number of hydrogen-bond acceptors (Lipinski definition) is 3. The highest BCUT2D eigenvalue weighted by Gasteiger charge is 2.11. The van der Waals surface area contributed by atoms with Crippen LogP contribution in [-0.2, 0) is 0 Å². The summed E-state index contributed by atoms with van der Waals surface area (Å²) in [5.74, 6) is -1.53. The predicted molar refractivity (Wildman–Crippen MR) is 63.0 cm³/mol. The van der Waals surface area contributed by atoms with Gasteiger partial charge in [0.25, 0.3) is 5.91 Å². The van der Waals surface area contributed by atoms with Crippen molar-refractivity contribution in [1.29, 1.82) is 0 Å². The van der Waals surface area contributed by atoms with E-state index >= 15 is 0 Å². The molecular formula is C12H9F2N3O. The lowest BCUT2D eigenvalue weighted by Crippen LogP contribution is -2.15. The van der Waals surface area contributed by atoms with Gasteiger partial charge in [-0.05, 0) is 30.3 Å². The van der Waals surface area contributed by atoms with Gasteiger partial charge in [0.05, 0.1) is 11.8 Å². The molecular weight excluding hydrogens is 240 g/mol. The Morgan fingerprint density at radius 2 is 1.89 bits per heavy atom. The number of halogens is 2. The summed E-state index contributed by atoms with van der Waals surface area (Å²) in [6.07, 6.45) is 0.963. The van der Waals surface area contributed by atoms with E-state index in [4.69, 9.17) is 5.73 Å². The van der Waals surface area contributed by atoms with Gasteiger partial charge in [0.2, 0.25) is 0 Å². The van der Waals surface area contributed by atoms with Gasteiger partial charge >= 0.3 is 0 Å². The summed E-state index contributed by atoms with van der Waals surface area (Å²) < 4.78 is 25.6. The van der Waals surface area contributed by atoms with Crippen LogP contribution in [0.5, 0.6) is 0 Å². The van der Waals surface area contributed by atoms with E-state index in [1.807, 2.05) is 0 Å². The number of nitrogens with two attached hydrogens (primary N) is 1. The molecule has 18 heavy (non-hydrogen) atoms. The standard InChI is InChI=1S/C12H9F2N3O/c13-7-1-3-10(15)9(5-7)12(18)17-11-4-2-8(14)6-16-11/h1-6H,15H2,(H,16,17,18). The first-order valence-electron chi connectivity index (χ1n) is 5.04. The predicted octanol–water partition coefficient (Wildman–Crippen LogP) is 2.19. The van der Waals surface area contributed by atoms with Crippen molar-refractivity contribution in [3.8, 4) is 0 Å². The highest BCUT2D eigenvalue weighted by atomic mass is 19.1. The molecule has 0 spiro atoms. The maximum absolute atomic E-state index is 13.0. The first-order valence-corrected chi connectivity index (χ1v) is 5.04. The molecule has 4 nitrogen and oxygen atoms in total. The first kappa shape index (κ1) is 12.0. The van der Waals surface area contributed by atoms with E-state index in [1.54, 1.807) is 0 Å². The first-order chi connectivity index (χ1) is 8.56. The third-order valence-electron chi connectivity index (χ3n) is 2.23. The van der Waals surface area contributed by atoms with Crippen molar-refractivity contribution in [2.45, 2.75) is 0 Å². The maximum Gasteiger partial charge on any atom is 0.259 e. The molecule has 6 heteroatoms. The molecule has 0 bridgehead atoms. The van der Waals surface area contributed by atoms with Crippen LogP contribution >= 0.6 is 0 Å². The highest BCUT2D eigenvalue weighted by molar-refractivity contribution is 6.07. The van der Waals surface area contributed by atoms with Gasteiger partial charge < -0.3 is 11.1 Å². The second-order valence-corrected chi connectivity index (χ2v) is 3.55. The van der Waals surface area contributed by atoms with Crippen molar-refractivity contribution in [3.05, 3.63) is 53.7 Å². The Hall–Kier alpha value is -2.50. The Morgan fingerprint density at radius 3 is 2.56 bits per heavy atom. The molecule has 0 aliphatic rings. The third-order valence-corrected chi connectivity index (χ3v) is 2.23. The molecule has 1 heterocycles. The molecule has 0 unspecified atom stereocenters. The molecule has 92 valence electrons. The van der Waals surface area contributed by atoms with E-state index in [0.29, 0.717) is 0 Å². The van der Waals surface area contributed by atoms with E-state index in [1.165, 1.54) is 12.1 Å². The number of pyridine rings is 1. The van der Waals surface area contributed by atoms with Crippen molar-refractivity contribution < 1.29 is 13.6 Å². The van der Waals surface area contributed by atoms with E-state index in [9.17, 15) is 13.6 Å². The molecule has 1 aromatic carbocycles. The van der Waals surface area contributed by atoms with Crippen LogP contribution in [0.2, 0.25) is 0 Å². The molecule has 0 saturated heterocycles. The van der Waals surface area contributed by atoms with Gasteiger partial charge in [0, 0.05) is 5.69 Å². The summed E-state index contributed by atoms with van der Waals surface area (Å²) in [4.78, 5) is 15.4. The van der Waals surface area contributed by atoms with Crippen molar-refractivity contribution in [1.82, 2.24) is 4.98 Å². The number of nitrogen functional groups attached to an aromatic ring is 1. The summed E-state index contributed by atoms with van der Waals surface area (Å²) in [5.41, 5.74) is 5.71. The average Bonchev–Trinajstić information content (AvgIpc) is 2.35. The Labute approximate surface area is 101 Å². The minimum absolute atomic E-state index is 0.00104. The fourth-order valence-electron chi connectivity index (χ4n) is 1.36. The minimum atomic E-state index is -0.605. The Balaban J connectivity index is 2.21. The lowest BCUT2D eigenvalue weighted by Gasteiger charge is -2.06. The number of carbonyl (C=O) groups excluding carboxylic acids is 1. The number of anilines is 2. The second-order valence-electron chi connectivity index (χ2n) is 3.55. The smallest absolute Gasteiger partial charge is 0.259 e. The van der Waals surface area contributed by atoms with Crippen LogP contribution in [0.25, 0.3) is 0 Å². The van der Waals surface area contributed by atoms with Crippen molar-refractivity contribution in [2.24, 2.45) is 0 Å². The van der Waals surface area contributed by atoms with Gasteiger partial charge in [-0.3, -0.25) is 4.79 Å². The van der Waals surface area contributed by atoms with Gasteiger partial charge in [0.15, 0.2) is 0 Å². The number of carbonyl (C=O) groups is 1. The van der Waals surface area contributed by atoms with E-state index in [0.717, 1.165) is 24.4 Å². The van der Waals surface area contributed by atoms with Gasteiger partial charge in [0.1, 0.15) is 17.5 Å². The highest BCUT2D eigenvalue weighted by Crippen LogP contribution is 2.15. The molecule has 2 aromatic rings. The number of benzene rings is 1. The maximum atomic E-state index is 13.0. The number of aromatic nitrogens is 1. The van der Waals surface area contributed by atoms with Crippen LogP contribution < -0.4 is 11.1 Å². The quantitative estimate of drug-likeness (QED) is 0.801. The molecule has 1 aromatic heterocycles. The molecule has 2 rings (SSSR count). The molecule has 0 atom stereocenters. The molecule has 0 aliphatic heterocycles. The van der Waals surface area contributed by atoms with E-state index < -0.39 is 17.5 Å². The SMILES string of the molecule is Nc1ccc(F)cc1C(=O)Nc1ccc(F)cn1. The molecule has 1 amide bonds. The van der Waals surface area contributed by atoms with Crippen LogP contribution in [0.3, 0.4) is 0 Å². The molecule has 0 aliphatic carbocycles. The zero-order valence-electron chi connectivity index (χ0n) is 9.15. The zero-order valence-corrected chi connectivity index (χ0v) is 9.15. The van der Waals surface area contributed by atoms with Gasteiger partial charge in [-0.1, -0.05) is 0 Å². The molecule has 0 fully saturated rings. The summed E-state index contributed by atoms with van der Waals surface area (Å²) in [7, 11) is 0. The van der Waals surface area contributed by atoms with E-state index in [-0.39, 0.29) is 17.1 Å². The number of amides is 1. The number of hydrogen-bond donors (Lipinski definition) is 2. The van der Waals surface area contributed by atoms with Crippen LogP contribution in [-0.4, -0.2) is 10.9 Å². The average molecular weight is 249 g/mol. The largest absolute Gasteiger partial charge is 0.398 e. The molecule has 3 N–H and O–H groups in total. The van der Waals surface area contributed by atoms with Crippen LogP contribution in [0.1, 0.15) is 10.4 Å². The van der Waals surface area contributed by atoms with Crippen LogP contribution in [0, 0.1) is 11.6 Å². The van der Waals surface area contributed by atoms with Crippen molar-refractivity contribution in [2.75, 3.05) is 11.1 Å². The number of rotatable bonds is 2. The number of nitrogens with zero attached hydrogens (tertiary/aromatic N) is 1. The lowest BCUT2D eigenvalue weighted by atomic mass is 10.1. The minimum Gasteiger partial charge on any atom is -0.398 e. The Bertz CT molecular complexity index is 584. The fourth-order valence-corrected chi connectivity index (χ4v) is 1.36. The van der Waals surface area contributed by atoms with Gasteiger partial charge in [-0.15, -0.1) is 0 Å². The number of nitrogens with one attached hydrogen (secondary N) is 1. The summed E-state index contributed by atoms with van der Waals surface area (Å²) in [5, 5.41) is 2.39. The Kier molecular flexibility index (Phi) is 3.18. The zero-order chi connectivity index (χ0) is 13.1. The summed E-state index contributed by atoms with van der Waals surface area (Å²) >= 11 is 0. The monoisotopic (exact) mass is 249 g/mol. The summed E-state index contributed by atoms with van der Waals surface area (Å²) in [6, 6.07) is 5.92. The van der Waals surface area contributed by atoms with Gasteiger partial charge in [-0.25, -0.2) is 13.8 Å². The second kappa shape index (κ2) is 4.79. The Morgan fingerprint density at radius 1 is 1.17 bits per heavy atom. The molecule has 0 saturated carbocycles. The lowest BCUT2D eigenvalue weighted by molar-refractivity contribution is 0.102. The topological polar surface area (TPSA) is 68.0 Å². The van der Waals surface area contributed by atoms with Crippen LogP contribution in [0.4, 0.5) is 20.3 Å². The van der Waals surface area contributed by atoms with Gasteiger partial charge in [-0.2, -0.15) is 0 Å². The van der Waals surface area contributed by atoms with Crippen LogP contribution in [0.15, 0.2) is 36.5 Å². The normalized spacial score (nSPS) is 10.1.